The Hall–Kier alpha value is -0.870. The van der Waals surface area contributed by atoms with Crippen molar-refractivity contribution in [2.45, 2.75) is 25.8 Å². The van der Waals surface area contributed by atoms with Gasteiger partial charge in [0.05, 0.1) is 4.88 Å². The summed E-state index contributed by atoms with van der Waals surface area (Å²) in [5, 5.41) is 6.26. The van der Waals surface area contributed by atoms with Gasteiger partial charge in [-0.2, -0.15) is 0 Å². The zero-order valence-corrected chi connectivity index (χ0v) is 9.69. The molecule has 1 aromatic rings. The summed E-state index contributed by atoms with van der Waals surface area (Å²) in [6, 6.07) is 4.57. The Bertz CT molecular complexity index is 344. The molecule has 4 heteroatoms. The smallest absolute Gasteiger partial charge is 0.261 e. The van der Waals surface area contributed by atoms with Gasteiger partial charge in [0.25, 0.3) is 5.91 Å². The number of aryl methyl sites for hydroxylation is 1. The highest BCUT2D eigenvalue weighted by Gasteiger charge is 2.19. The molecule has 15 heavy (non-hydrogen) atoms. The molecule has 82 valence electrons. The summed E-state index contributed by atoms with van der Waals surface area (Å²) in [6.45, 7) is 3.60. The fourth-order valence-electron chi connectivity index (χ4n) is 1.38. The minimum atomic E-state index is 0.0469. The lowest BCUT2D eigenvalue weighted by atomic mass is 10.4. The van der Waals surface area contributed by atoms with Crippen LogP contribution in [0.25, 0.3) is 0 Å². The molecule has 0 spiro atoms. The summed E-state index contributed by atoms with van der Waals surface area (Å²) in [4.78, 5) is 13.6. The molecular formula is C11H16N2OS. The van der Waals surface area contributed by atoms with Crippen LogP contribution in [-0.2, 0) is 0 Å². The third-order valence-electron chi connectivity index (χ3n) is 2.39. The summed E-state index contributed by atoms with van der Waals surface area (Å²) in [6.07, 6.45) is 2.58. The molecule has 0 radical (unpaired) electrons. The van der Waals surface area contributed by atoms with Crippen LogP contribution < -0.4 is 10.6 Å². The first-order valence-electron chi connectivity index (χ1n) is 5.34. The summed E-state index contributed by atoms with van der Waals surface area (Å²) in [5.41, 5.74) is 0. The van der Waals surface area contributed by atoms with E-state index in [1.54, 1.807) is 11.3 Å². The molecule has 0 aromatic carbocycles. The molecule has 0 bridgehead atoms. The van der Waals surface area contributed by atoms with E-state index in [0.29, 0.717) is 12.6 Å². The van der Waals surface area contributed by atoms with Gasteiger partial charge in [-0.15, -0.1) is 11.3 Å². The van der Waals surface area contributed by atoms with Crippen molar-refractivity contribution in [2.24, 2.45) is 0 Å². The number of amides is 1. The maximum atomic E-state index is 11.6. The van der Waals surface area contributed by atoms with E-state index in [-0.39, 0.29) is 5.91 Å². The van der Waals surface area contributed by atoms with Crippen LogP contribution in [0.5, 0.6) is 0 Å². The third kappa shape index (κ3) is 3.32. The molecule has 1 aliphatic carbocycles. The van der Waals surface area contributed by atoms with Crippen molar-refractivity contribution in [3.05, 3.63) is 21.9 Å². The second-order valence-electron chi connectivity index (χ2n) is 3.89. The second kappa shape index (κ2) is 4.77. The molecule has 0 aliphatic heterocycles. The first-order valence-corrected chi connectivity index (χ1v) is 6.15. The Morgan fingerprint density at radius 2 is 2.27 bits per heavy atom. The monoisotopic (exact) mass is 224 g/mol. The van der Waals surface area contributed by atoms with Crippen molar-refractivity contribution in [1.29, 1.82) is 0 Å². The molecule has 2 N–H and O–H groups in total. The fourth-order valence-corrected chi connectivity index (χ4v) is 2.17. The largest absolute Gasteiger partial charge is 0.350 e. The molecule has 0 saturated heterocycles. The zero-order chi connectivity index (χ0) is 10.7. The number of rotatable bonds is 5. The van der Waals surface area contributed by atoms with Gasteiger partial charge >= 0.3 is 0 Å². The molecule has 1 aromatic heterocycles. The number of hydrogen-bond acceptors (Lipinski definition) is 3. The Morgan fingerprint density at radius 1 is 1.47 bits per heavy atom. The van der Waals surface area contributed by atoms with Gasteiger partial charge in [-0.25, -0.2) is 0 Å². The quantitative estimate of drug-likeness (QED) is 0.745. The Labute approximate surface area is 93.9 Å². The molecule has 1 aliphatic rings. The van der Waals surface area contributed by atoms with E-state index in [4.69, 9.17) is 0 Å². The molecule has 0 atom stereocenters. The molecule has 1 saturated carbocycles. The van der Waals surface area contributed by atoms with E-state index >= 15 is 0 Å². The summed E-state index contributed by atoms with van der Waals surface area (Å²) >= 11 is 1.54. The predicted molar refractivity (Wildman–Crippen MR) is 62.4 cm³/mol. The highest BCUT2D eigenvalue weighted by molar-refractivity contribution is 7.13. The van der Waals surface area contributed by atoms with Crippen molar-refractivity contribution in [3.8, 4) is 0 Å². The van der Waals surface area contributed by atoms with Crippen LogP contribution in [0.3, 0.4) is 0 Å². The Balaban J connectivity index is 1.67. The van der Waals surface area contributed by atoms with Gasteiger partial charge in [0.1, 0.15) is 0 Å². The predicted octanol–water partition coefficient (Wildman–Crippen LogP) is 1.54. The van der Waals surface area contributed by atoms with Gasteiger partial charge in [-0.3, -0.25) is 4.79 Å². The third-order valence-corrected chi connectivity index (χ3v) is 3.38. The molecule has 3 nitrogen and oxygen atoms in total. The summed E-state index contributed by atoms with van der Waals surface area (Å²) in [5.74, 6) is 0.0469. The average molecular weight is 224 g/mol. The normalized spacial score (nSPS) is 15.3. The molecular weight excluding hydrogens is 208 g/mol. The van der Waals surface area contributed by atoms with E-state index in [1.807, 2.05) is 19.1 Å². The van der Waals surface area contributed by atoms with Crippen molar-refractivity contribution < 1.29 is 4.79 Å². The van der Waals surface area contributed by atoms with E-state index in [0.717, 1.165) is 11.4 Å². The zero-order valence-electron chi connectivity index (χ0n) is 8.88. The van der Waals surface area contributed by atoms with Crippen molar-refractivity contribution >= 4 is 17.2 Å². The standard InChI is InChI=1S/C11H16N2OS/c1-8-2-5-10(15-8)11(14)13-7-6-12-9-3-4-9/h2,5,9,12H,3-4,6-7H2,1H3,(H,13,14). The van der Waals surface area contributed by atoms with Crippen molar-refractivity contribution in [2.75, 3.05) is 13.1 Å². The lowest BCUT2D eigenvalue weighted by molar-refractivity contribution is 0.0958. The maximum Gasteiger partial charge on any atom is 0.261 e. The van der Waals surface area contributed by atoms with Crippen LogP contribution in [0, 0.1) is 6.92 Å². The average Bonchev–Trinajstić information content (AvgIpc) is 2.94. The minimum Gasteiger partial charge on any atom is -0.350 e. The van der Waals surface area contributed by atoms with Crippen LogP contribution in [-0.4, -0.2) is 25.0 Å². The Kier molecular flexibility index (Phi) is 3.38. The van der Waals surface area contributed by atoms with Gasteiger partial charge in [-0.1, -0.05) is 0 Å². The van der Waals surface area contributed by atoms with E-state index in [9.17, 15) is 4.79 Å². The second-order valence-corrected chi connectivity index (χ2v) is 5.18. The van der Waals surface area contributed by atoms with Crippen LogP contribution in [0.1, 0.15) is 27.4 Å². The maximum absolute atomic E-state index is 11.6. The van der Waals surface area contributed by atoms with Gasteiger partial charge in [0, 0.05) is 24.0 Å². The molecule has 0 unspecified atom stereocenters. The van der Waals surface area contributed by atoms with E-state index in [2.05, 4.69) is 10.6 Å². The number of carbonyl (C=O) groups is 1. The van der Waals surface area contributed by atoms with Gasteiger partial charge in [0.15, 0.2) is 0 Å². The minimum absolute atomic E-state index is 0.0469. The number of thiophene rings is 1. The highest BCUT2D eigenvalue weighted by Crippen LogP contribution is 2.18. The number of nitrogens with one attached hydrogen (secondary N) is 2. The lowest BCUT2D eigenvalue weighted by Crippen LogP contribution is -2.32. The first kappa shape index (κ1) is 10.6. The van der Waals surface area contributed by atoms with Gasteiger partial charge < -0.3 is 10.6 Å². The molecule has 2 rings (SSSR count). The number of hydrogen-bond donors (Lipinski definition) is 2. The van der Waals surface area contributed by atoms with Crippen LogP contribution >= 0.6 is 11.3 Å². The van der Waals surface area contributed by atoms with Gasteiger partial charge in [0.2, 0.25) is 0 Å². The highest BCUT2D eigenvalue weighted by atomic mass is 32.1. The first-order chi connectivity index (χ1) is 7.25. The lowest BCUT2D eigenvalue weighted by Gasteiger charge is -2.04. The van der Waals surface area contributed by atoms with Gasteiger partial charge in [-0.05, 0) is 31.9 Å². The van der Waals surface area contributed by atoms with E-state index in [1.165, 1.54) is 17.7 Å². The summed E-state index contributed by atoms with van der Waals surface area (Å²) < 4.78 is 0. The van der Waals surface area contributed by atoms with Crippen molar-refractivity contribution in [1.82, 2.24) is 10.6 Å². The van der Waals surface area contributed by atoms with Crippen molar-refractivity contribution in [3.63, 3.8) is 0 Å². The summed E-state index contributed by atoms with van der Waals surface area (Å²) in [7, 11) is 0. The van der Waals surface area contributed by atoms with Crippen LogP contribution in [0.15, 0.2) is 12.1 Å². The van der Waals surface area contributed by atoms with Crippen LogP contribution in [0.4, 0.5) is 0 Å². The Morgan fingerprint density at radius 3 is 2.87 bits per heavy atom. The van der Waals surface area contributed by atoms with Crippen LogP contribution in [0.2, 0.25) is 0 Å². The topological polar surface area (TPSA) is 41.1 Å². The fraction of sp³-hybridized carbons (Fsp3) is 0.545. The number of carbonyl (C=O) groups excluding carboxylic acids is 1. The molecule has 1 amide bonds. The SMILES string of the molecule is Cc1ccc(C(=O)NCCNC2CC2)s1. The molecule has 1 heterocycles. The van der Waals surface area contributed by atoms with E-state index < -0.39 is 0 Å². The molecule has 1 fully saturated rings.